The Hall–Kier alpha value is -2.69. The zero-order valence-corrected chi connectivity index (χ0v) is 13.9. The Labute approximate surface area is 145 Å². The van der Waals surface area contributed by atoms with Crippen molar-refractivity contribution in [3.63, 3.8) is 0 Å². The summed E-state index contributed by atoms with van der Waals surface area (Å²) >= 11 is 0. The van der Waals surface area contributed by atoms with Crippen LogP contribution in [0.3, 0.4) is 0 Å². The molecule has 0 bridgehead atoms. The number of nitriles is 1. The standard InChI is InChI=1S/C17H20N6O2/c18-11-17(6-7-17)23-10-13(21-22-23)14(12-4-2-1-3-5-12)20-15(24)16-19-8-9-25-16/h8-10,12,14H,1-7H2,(H,20,24)/t14-/m1/s1. The van der Waals surface area contributed by atoms with Crippen LogP contribution in [0.25, 0.3) is 0 Å². The summed E-state index contributed by atoms with van der Waals surface area (Å²) in [6.45, 7) is 0. The Morgan fingerprint density at radius 3 is 2.84 bits per heavy atom. The minimum absolute atomic E-state index is 0.0453. The number of nitrogens with one attached hydrogen (secondary N) is 1. The van der Waals surface area contributed by atoms with Crippen LogP contribution in [0.15, 0.2) is 23.1 Å². The zero-order chi connectivity index (χ0) is 17.3. The first kappa shape index (κ1) is 15.8. The molecule has 2 saturated carbocycles. The first-order valence-electron chi connectivity index (χ1n) is 8.76. The van der Waals surface area contributed by atoms with E-state index in [2.05, 4.69) is 26.7 Å². The highest BCUT2D eigenvalue weighted by atomic mass is 16.3. The summed E-state index contributed by atoms with van der Waals surface area (Å²) < 4.78 is 6.75. The average Bonchev–Trinajstić information content (AvgIpc) is 3.05. The van der Waals surface area contributed by atoms with Crippen molar-refractivity contribution < 1.29 is 9.21 Å². The molecular formula is C17H20N6O2. The fraction of sp³-hybridized carbons (Fsp3) is 0.588. The molecule has 130 valence electrons. The lowest BCUT2D eigenvalue weighted by molar-refractivity contribution is 0.0875. The molecule has 25 heavy (non-hydrogen) atoms. The van der Waals surface area contributed by atoms with Crippen molar-refractivity contribution in [3.8, 4) is 6.07 Å². The molecule has 0 radical (unpaired) electrons. The lowest BCUT2D eigenvalue weighted by Crippen LogP contribution is -2.35. The van der Waals surface area contributed by atoms with Gasteiger partial charge < -0.3 is 9.73 Å². The van der Waals surface area contributed by atoms with Crippen LogP contribution in [0.2, 0.25) is 0 Å². The van der Waals surface area contributed by atoms with Gasteiger partial charge in [0, 0.05) is 0 Å². The Morgan fingerprint density at radius 1 is 1.40 bits per heavy atom. The molecule has 8 nitrogen and oxygen atoms in total. The van der Waals surface area contributed by atoms with Gasteiger partial charge in [-0.1, -0.05) is 24.5 Å². The molecule has 2 fully saturated rings. The Morgan fingerprint density at radius 2 is 2.20 bits per heavy atom. The third kappa shape index (κ3) is 3.02. The van der Waals surface area contributed by atoms with E-state index in [-0.39, 0.29) is 17.8 Å². The molecule has 0 unspecified atom stereocenters. The Kier molecular flexibility index (Phi) is 3.99. The Bertz CT molecular complexity index is 780. The summed E-state index contributed by atoms with van der Waals surface area (Å²) in [5.41, 5.74) is 0.155. The van der Waals surface area contributed by atoms with Crippen LogP contribution in [-0.4, -0.2) is 25.9 Å². The number of hydrogen-bond acceptors (Lipinski definition) is 6. The third-order valence-electron chi connectivity index (χ3n) is 5.23. The summed E-state index contributed by atoms with van der Waals surface area (Å²) in [6, 6.07) is 2.06. The van der Waals surface area contributed by atoms with E-state index in [0.29, 0.717) is 11.6 Å². The molecule has 1 N–H and O–H groups in total. The predicted molar refractivity (Wildman–Crippen MR) is 86.1 cm³/mol. The largest absolute Gasteiger partial charge is 0.441 e. The number of aromatic nitrogens is 4. The molecule has 2 aliphatic rings. The second-order valence-corrected chi connectivity index (χ2v) is 6.92. The van der Waals surface area contributed by atoms with Gasteiger partial charge in [-0.3, -0.25) is 4.79 Å². The molecule has 0 aromatic carbocycles. The van der Waals surface area contributed by atoms with Crippen LogP contribution in [-0.2, 0) is 5.54 Å². The smallest absolute Gasteiger partial charge is 0.307 e. The van der Waals surface area contributed by atoms with Crippen molar-refractivity contribution in [1.82, 2.24) is 25.3 Å². The van der Waals surface area contributed by atoms with Crippen molar-refractivity contribution >= 4 is 5.91 Å². The highest BCUT2D eigenvalue weighted by Crippen LogP contribution is 2.42. The van der Waals surface area contributed by atoms with E-state index < -0.39 is 5.54 Å². The zero-order valence-electron chi connectivity index (χ0n) is 13.9. The minimum atomic E-state index is -0.547. The maximum absolute atomic E-state index is 12.4. The SMILES string of the molecule is N#CC1(n2cc([C@H](NC(=O)c3ncco3)C3CCCCC3)nn2)CC1. The van der Waals surface area contributed by atoms with E-state index in [1.165, 1.54) is 18.9 Å². The van der Waals surface area contributed by atoms with Gasteiger partial charge >= 0.3 is 5.91 Å². The summed E-state index contributed by atoms with van der Waals surface area (Å²) in [5, 5.41) is 20.8. The van der Waals surface area contributed by atoms with E-state index in [4.69, 9.17) is 4.42 Å². The fourth-order valence-electron chi connectivity index (χ4n) is 3.58. The number of carbonyl (C=O) groups is 1. The van der Waals surface area contributed by atoms with Crippen LogP contribution in [0.1, 0.15) is 67.4 Å². The minimum Gasteiger partial charge on any atom is -0.441 e. The number of hydrogen-bond donors (Lipinski definition) is 1. The van der Waals surface area contributed by atoms with Crippen LogP contribution in [0.4, 0.5) is 0 Å². The molecular weight excluding hydrogens is 320 g/mol. The van der Waals surface area contributed by atoms with Crippen LogP contribution < -0.4 is 5.32 Å². The maximum atomic E-state index is 12.4. The number of oxazole rings is 1. The molecule has 0 saturated heterocycles. The highest BCUT2D eigenvalue weighted by molar-refractivity contribution is 5.89. The molecule has 1 amide bonds. The molecule has 0 aliphatic heterocycles. The van der Waals surface area contributed by atoms with Crippen molar-refractivity contribution in [3.05, 3.63) is 30.2 Å². The Balaban J connectivity index is 1.59. The van der Waals surface area contributed by atoms with E-state index in [9.17, 15) is 10.1 Å². The molecule has 1 atom stereocenters. The lowest BCUT2D eigenvalue weighted by Gasteiger charge is -2.29. The monoisotopic (exact) mass is 340 g/mol. The molecule has 8 heteroatoms. The predicted octanol–water partition coefficient (Wildman–Crippen LogP) is 2.33. The van der Waals surface area contributed by atoms with Gasteiger partial charge in [-0.2, -0.15) is 5.26 Å². The lowest BCUT2D eigenvalue weighted by atomic mass is 9.82. The topological polar surface area (TPSA) is 110 Å². The first-order valence-corrected chi connectivity index (χ1v) is 8.76. The summed E-state index contributed by atoms with van der Waals surface area (Å²) in [5.74, 6) is -0.00418. The molecule has 4 rings (SSSR count). The molecule has 2 aliphatic carbocycles. The van der Waals surface area contributed by atoms with Gasteiger partial charge in [-0.25, -0.2) is 9.67 Å². The first-order chi connectivity index (χ1) is 12.2. The normalized spacial score (nSPS) is 20.6. The van der Waals surface area contributed by atoms with Gasteiger partial charge in [0.05, 0.1) is 24.5 Å². The summed E-state index contributed by atoms with van der Waals surface area (Å²) in [6.07, 6.45) is 11.8. The molecule has 0 spiro atoms. The number of carbonyl (C=O) groups excluding carboxylic acids is 1. The van der Waals surface area contributed by atoms with Crippen molar-refractivity contribution in [2.24, 2.45) is 5.92 Å². The maximum Gasteiger partial charge on any atom is 0.307 e. The van der Waals surface area contributed by atoms with Gasteiger partial charge in [0.2, 0.25) is 0 Å². The second-order valence-electron chi connectivity index (χ2n) is 6.92. The van der Waals surface area contributed by atoms with Gasteiger partial charge in [0.15, 0.2) is 5.54 Å². The van der Waals surface area contributed by atoms with Crippen molar-refractivity contribution in [2.75, 3.05) is 0 Å². The van der Waals surface area contributed by atoms with E-state index >= 15 is 0 Å². The number of nitrogens with zero attached hydrogens (tertiary/aromatic N) is 5. The van der Waals surface area contributed by atoms with E-state index in [1.54, 1.807) is 4.68 Å². The van der Waals surface area contributed by atoms with Gasteiger partial charge in [0.25, 0.3) is 5.89 Å². The van der Waals surface area contributed by atoms with Gasteiger partial charge in [-0.15, -0.1) is 5.10 Å². The van der Waals surface area contributed by atoms with Crippen LogP contribution in [0, 0.1) is 17.2 Å². The summed E-state index contributed by atoms with van der Waals surface area (Å²) in [4.78, 5) is 16.3. The van der Waals surface area contributed by atoms with Crippen molar-refractivity contribution in [1.29, 1.82) is 5.26 Å². The third-order valence-corrected chi connectivity index (χ3v) is 5.23. The van der Waals surface area contributed by atoms with Crippen LogP contribution in [0.5, 0.6) is 0 Å². The molecule has 2 heterocycles. The summed E-state index contributed by atoms with van der Waals surface area (Å²) in [7, 11) is 0. The molecule has 2 aromatic rings. The van der Waals surface area contributed by atoms with Crippen molar-refractivity contribution in [2.45, 2.75) is 56.5 Å². The van der Waals surface area contributed by atoms with E-state index in [1.807, 2.05) is 6.20 Å². The number of amides is 1. The molecule has 2 aromatic heterocycles. The quantitative estimate of drug-likeness (QED) is 0.894. The second kappa shape index (κ2) is 6.31. The van der Waals surface area contributed by atoms with Crippen LogP contribution >= 0.6 is 0 Å². The van der Waals surface area contributed by atoms with E-state index in [0.717, 1.165) is 38.5 Å². The van der Waals surface area contributed by atoms with Gasteiger partial charge in [-0.05, 0) is 31.6 Å². The average molecular weight is 340 g/mol. The number of rotatable bonds is 5. The fourth-order valence-corrected chi connectivity index (χ4v) is 3.58. The highest BCUT2D eigenvalue weighted by Gasteiger charge is 2.47. The van der Waals surface area contributed by atoms with Gasteiger partial charge in [0.1, 0.15) is 12.0 Å².